The van der Waals surface area contributed by atoms with Crippen molar-refractivity contribution in [3.8, 4) is 5.75 Å². The Labute approximate surface area is 117 Å². The highest BCUT2D eigenvalue weighted by Crippen LogP contribution is 2.34. The Hall–Kier alpha value is -0.580. The van der Waals surface area contributed by atoms with Gasteiger partial charge in [0, 0.05) is 23.6 Å². The largest absolute Gasteiger partial charge is 0.497 e. The Bertz CT molecular complexity index is 407. The predicted octanol–water partition coefficient (Wildman–Crippen LogP) is 2.80. The van der Waals surface area contributed by atoms with Crippen molar-refractivity contribution in [1.29, 1.82) is 0 Å². The van der Waals surface area contributed by atoms with Crippen molar-refractivity contribution in [3.05, 3.63) is 28.2 Å². The van der Waals surface area contributed by atoms with Crippen LogP contribution in [0.15, 0.2) is 22.7 Å². The SMILES string of the molecule is COc1ccc(Br)c(C(CN)N(C)CC2CC2)c1. The molecule has 0 saturated heterocycles. The van der Waals surface area contributed by atoms with Crippen LogP contribution in [0.5, 0.6) is 5.75 Å². The third-order valence-corrected chi connectivity index (χ3v) is 4.28. The molecule has 2 rings (SSSR count). The molecule has 4 heteroatoms. The molecule has 18 heavy (non-hydrogen) atoms. The van der Waals surface area contributed by atoms with Gasteiger partial charge in [0.1, 0.15) is 5.75 Å². The molecule has 1 atom stereocenters. The molecule has 100 valence electrons. The third kappa shape index (κ3) is 3.25. The smallest absolute Gasteiger partial charge is 0.119 e. The summed E-state index contributed by atoms with van der Waals surface area (Å²) in [5.41, 5.74) is 7.17. The number of rotatable bonds is 6. The van der Waals surface area contributed by atoms with Crippen molar-refractivity contribution in [2.75, 3.05) is 27.2 Å². The fourth-order valence-corrected chi connectivity index (χ4v) is 2.79. The summed E-state index contributed by atoms with van der Waals surface area (Å²) in [6.45, 7) is 1.75. The second kappa shape index (κ2) is 6.04. The lowest BCUT2D eigenvalue weighted by atomic mass is 10.0. The van der Waals surface area contributed by atoms with E-state index in [0.29, 0.717) is 6.54 Å². The number of likely N-dealkylation sites (N-methyl/N-ethyl adjacent to an activating group) is 1. The van der Waals surface area contributed by atoms with E-state index in [1.807, 2.05) is 12.1 Å². The molecule has 1 aromatic rings. The van der Waals surface area contributed by atoms with Gasteiger partial charge in [-0.1, -0.05) is 15.9 Å². The molecule has 0 heterocycles. The summed E-state index contributed by atoms with van der Waals surface area (Å²) in [4.78, 5) is 2.36. The Morgan fingerprint density at radius 3 is 2.78 bits per heavy atom. The van der Waals surface area contributed by atoms with Crippen molar-refractivity contribution >= 4 is 15.9 Å². The van der Waals surface area contributed by atoms with Crippen LogP contribution in [0.1, 0.15) is 24.4 Å². The van der Waals surface area contributed by atoms with Gasteiger partial charge in [0.2, 0.25) is 0 Å². The van der Waals surface area contributed by atoms with E-state index in [4.69, 9.17) is 10.5 Å². The maximum atomic E-state index is 5.96. The highest BCUT2D eigenvalue weighted by molar-refractivity contribution is 9.10. The first-order valence-corrected chi connectivity index (χ1v) is 7.18. The van der Waals surface area contributed by atoms with Crippen molar-refractivity contribution in [1.82, 2.24) is 4.90 Å². The van der Waals surface area contributed by atoms with Crippen LogP contribution in [0, 0.1) is 5.92 Å². The van der Waals surface area contributed by atoms with Crippen molar-refractivity contribution in [3.63, 3.8) is 0 Å². The second-order valence-corrected chi connectivity index (χ2v) is 5.88. The molecule has 1 aliphatic carbocycles. The van der Waals surface area contributed by atoms with Gasteiger partial charge in [-0.25, -0.2) is 0 Å². The number of hydrogen-bond donors (Lipinski definition) is 1. The monoisotopic (exact) mass is 312 g/mol. The molecule has 0 aliphatic heterocycles. The summed E-state index contributed by atoms with van der Waals surface area (Å²) in [6.07, 6.45) is 2.72. The van der Waals surface area contributed by atoms with Gasteiger partial charge >= 0.3 is 0 Å². The molecule has 1 saturated carbocycles. The standard InChI is InChI=1S/C14H21BrN2O/c1-17(9-10-3-4-10)14(8-16)12-7-11(18-2)5-6-13(12)15/h5-7,10,14H,3-4,8-9,16H2,1-2H3. The normalized spacial score (nSPS) is 16.9. The maximum Gasteiger partial charge on any atom is 0.119 e. The fraction of sp³-hybridized carbons (Fsp3) is 0.571. The summed E-state index contributed by atoms with van der Waals surface area (Å²) < 4.78 is 6.40. The van der Waals surface area contributed by atoms with Crippen LogP contribution < -0.4 is 10.5 Å². The number of methoxy groups -OCH3 is 1. The number of nitrogens with zero attached hydrogens (tertiary/aromatic N) is 1. The van der Waals surface area contributed by atoms with Gasteiger partial charge in [-0.3, -0.25) is 4.90 Å². The van der Waals surface area contributed by atoms with Gasteiger partial charge in [-0.2, -0.15) is 0 Å². The molecule has 1 aliphatic rings. The third-order valence-electron chi connectivity index (χ3n) is 3.56. The lowest BCUT2D eigenvalue weighted by molar-refractivity contribution is 0.239. The molecule has 0 amide bonds. The molecular formula is C14H21BrN2O. The van der Waals surface area contributed by atoms with Crippen molar-refractivity contribution in [2.24, 2.45) is 11.7 Å². The number of halogens is 1. The van der Waals surface area contributed by atoms with E-state index in [-0.39, 0.29) is 6.04 Å². The minimum Gasteiger partial charge on any atom is -0.497 e. The van der Waals surface area contributed by atoms with Crippen LogP contribution in [0.3, 0.4) is 0 Å². The van der Waals surface area contributed by atoms with Crippen molar-refractivity contribution in [2.45, 2.75) is 18.9 Å². The van der Waals surface area contributed by atoms with Crippen LogP contribution in [0.25, 0.3) is 0 Å². The quantitative estimate of drug-likeness (QED) is 0.878. The number of benzene rings is 1. The van der Waals surface area contributed by atoms with Gasteiger partial charge in [-0.15, -0.1) is 0 Å². The van der Waals surface area contributed by atoms with E-state index in [1.165, 1.54) is 18.4 Å². The first-order chi connectivity index (χ1) is 8.65. The van der Waals surface area contributed by atoms with Crippen LogP contribution in [-0.4, -0.2) is 32.1 Å². The first kappa shape index (κ1) is 13.8. The fourth-order valence-electron chi connectivity index (χ4n) is 2.28. The maximum absolute atomic E-state index is 5.96. The minimum atomic E-state index is 0.245. The van der Waals surface area contributed by atoms with E-state index in [0.717, 1.165) is 22.7 Å². The molecule has 0 spiro atoms. The molecule has 2 N–H and O–H groups in total. The van der Waals surface area contributed by atoms with Gasteiger partial charge in [0.25, 0.3) is 0 Å². The molecule has 3 nitrogen and oxygen atoms in total. The molecule has 0 radical (unpaired) electrons. The lowest BCUT2D eigenvalue weighted by Crippen LogP contribution is -2.32. The van der Waals surface area contributed by atoms with E-state index < -0.39 is 0 Å². The van der Waals surface area contributed by atoms with Gasteiger partial charge in [-0.05, 0) is 49.6 Å². The predicted molar refractivity (Wildman–Crippen MR) is 77.8 cm³/mol. The topological polar surface area (TPSA) is 38.5 Å². The van der Waals surface area contributed by atoms with Gasteiger partial charge in [0.05, 0.1) is 7.11 Å². The Balaban J connectivity index is 2.18. The molecule has 1 aromatic carbocycles. The summed E-state index contributed by atoms with van der Waals surface area (Å²) in [5.74, 6) is 1.75. The zero-order valence-electron chi connectivity index (χ0n) is 11.0. The number of nitrogens with two attached hydrogens (primary N) is 1. The van der Waals surface area contributed by atoms with Gasteiger partial charge < -0.3 is 10.5 Å². The molecule has 0 bridgehead atoms. The number of hydrogen-bond acceptors (Lipinski definition) is 3. The summed E-state index contributed by atoms with van der Waals surface area (Å²) in [7, 11) is 3.85. The number of ether oxygens (including phenoxy) is 1. The molecular weight excluding hydrogens is 292 g/mol. The Morgan fingerprint density at radius 2 is 2.22 bits per heavy atom. The first-order valence-electron chi connectivity index (χ1n) is 6.39. The van der Waals surface area contributed by atoms with Crippen LogP contribution in [0.4, 0.5) is 0 Å². The van der Waals surface area contributed by atoms with E-state index in [2.05, 4.69) is 33.9 Å². The average molecular weight is 313 g/mol. The van der Waals surface area contributed by atoms with E-state index >= 15 is 0 Å². The van der Waals surface area contributed by atoms with Gasteiger partial charge in [0.15, 0.2) is 0 Å². The highest BCUT2D eigenvalue weighted by Gasteiger charge is 2.27. The van der Waals surface area contributed by atoms with E-state index in [9.17, 15) is 0 Å². The summed E-state index contributed by atoms with van der Waals surface area (Å²) in [5, 5.41) is 0. The molecule has 1 fully saturated rings. The molecule has 1 unspecified atom stereocenters. The highest BCUT2D eigenvalue weighted by atomic mass is 79.9. The van der Waals surface area contributed by atoms with Crippen LogP contribution in [-0.2, 0) is 0 Å². The zero-order chi connectivity index (χ0) is 13.1. The van der Waals surface area contributed by atoms with Crippen molar-refractivity contribution < 1.29 is 4.74 Å². The van der Waals surface area contributed by atoms with E-state index in [1.54, 1.807) is 7.11 Å². The van der Waals surface area contributed by atoms with Crippen LogP contribution in [0.2, 0.25) is 0 Å². The molecule has 0 aromatic heterocycles. The Morgan fingerprint density at radius 1 is 1.50 bits per heavy atom. The lowest BCUT2D eigenvalue weighted by Gasteiger charge is -2.28. The summed E-state index contributed by atoms with van der Waals surface area (Å²) >= 11 is 3.61. The minimum absolute atomic E-state index is 0.245. The average Bonchev–Trinajstić information content (AvgIpc) is 3.16. The summed E-state index contributed by atoms with van der Waals surface area (Å²) in [6, 6.07) is 6.31. The zero-order valence-corrected chi connectivity index (χ0v) is 12.6. The van der Waals surface area contributed by atoms with Crippen LogP contribution >= 0.6 is 15.9 Å². The Kier molecular flexibility index (Phi) is 4.65. The second-order valence-electron chi connectivity index (χ2n) is 5.02.